The van der Waals surface area contributed by atoms with Crippen molar-refractivity contribution in [3.05, 3.63) is 95.5 Å². The first-order valence-electron chi connectivity index (χ1n) is 14.0. The van der Waals surface area contributed by atoms with E-state index in [1.807, 2.05) is 68.6 Å². The summed E-state index contributed by atoms with van der Waals surface area (Å²) >= 11 is 0. The maximum Gasteiger partial charge on any atom is 0.246 e. The van der Waals surface area contributed by atoms with Gasteiger partial charge in [-0.2, -0.15) is 0 Å². The zero-order chi connectivity index (χ0) is 29.6. The first-order valence-corrected chi connectivity index (χ1v) is 14.0. The molecule has 0 atom stereocenters. The lowest BCUT2D eigenvalue weighted by Gasteiger charge is -2.22. The van der Waals surface area contributed by atoms with E-state index in [2.05, 4.69) is 27.5 Å². The molecule has 1 aromatic carbocycles. The lowest BCUT2D eigenvalue weighted by atomic mass is 9.95. The summed E-state index contributed by atoms with van der Waals surface area (Å²) < 4.78 is 5.50. The Morgan fingerprint density at radius 2 is 1.85 bits per heavy atom. The number of amides is 1. The first kappa shape index (κ1) is 31.2. The van der Waals surface area contributed by atoms with E-state index in [1.54, 1.807) is 6.20 Å². The van der Waals surface area contributed by atoms with Gasteiger partial charge in [-0.05, 0) is 43.4 Å². The van der Waals surface area contributed by atoms with Gasteiger partial charge in [0.2, 0.25) is 5.91 Å². The van der Waals surface area contributed by atoms with E-state index in [4.69, 9.17) is 21.6 Å². The standard InChI is InChI=1S/C32H43N7O2/c1-4-5-14-27(36-3)38-22(2)23-15-17-24(18-16-23)30(33)29-31(34)25(20-37-32(29)35)11-9-10-19-41-21-28(40)39-26-12-7-6-8-13-26/h4-5,9-10,14-18,20,26,33,36,38H,2,6-8,11-13,19,21H2,1,3H3,(H,39,40)(H4,34,35,37)/b5-4-,10-9-,27-14+,33-30?. The summed E-state index contributed by atoms with van der Waals surface area (Å²) in [7, 11) is 1.83. The molecular weight excluding hydrogens is 514 g/mol. The third kappa shape index (κ3) is 9.36. The van der Waals surface area contributed by atoms with Gasteiger partial charge < -0.3 is 32.2 Å². The lowest BCUT2D eigenvalue weighted by molar-refractivity contribution is -0.126. The van der Waals surface area contributed by atoms with Crippen LogP contribution in [-0.2, 0) is 16.0 Å². The molecule has 9 nitrogen and oxygen atoms in total. The van der Waals surface area contributed by atoms with Gasteiger partial charge in [-0.25, -0.2) is 4.98 Å². The van der Waals surface area contributed by atoms with Crippen molar-refractivity contribution >= 4 is 28.8 Å². The Morgan fingerprint density at radius 1 is 1.15 bits per heavy atom. The quantitative estimate of drug-likeness (QED) is 0.0870. The molecule has 1 saturated carbocycles. The van der Waals surface area contributed by atoms with Crippen LogP contribution in [0.15, 0.2) is 73.2 Å². The smallest absolute Gasteiger partial charge is 0.246 e. The Hall–Kier alpha value is -4.37. The number of anilines is 2. The van der Waals surface area contributed by atoms with Crippen molar-refractivity contribution in [3.8, 4) is 0 Å². The van der Waals surface area contributed by atoms with E-state index in [1.165, 1.54) is 19.3 Å². The second-order valence-electron chi connectivity index (χ2n) is 9.96. The Kier molecular flexibility index (Phi) is 12.2. The van der Waals surface area contributed by atoms with Crippen molar-refractivity contribution in [3.63, 3.8) is 0 Å². The molecule has 8 N–H and O–H groups in total. The van der Waals surface area contributed by atoms with E-state index >= 15 is 0 Å². The molecule has 41 heavy (non-hydrogen) atoms. The van der Waals surface area contributed by atoms with Crippen LogP contribution in [0.4, 0.5) is 11.5 Å². The Morgan fingerprint density at radius 3 is 2.54 bits per heavy atom. The zero-order valence-corrected chi connectivity index (χ0v) is 24.1. The number of nitrogens with zero attached hydrogens (tertiary/aromatic N) is 1. The first-order chi connectivity index (χ1) is 19.8. The third-order valence-electron chi connectivity index (χ3n) is 6.94. The van der Waals surface area contributed by atoms with Crippen LogP contribution < -0.4 is 27.4 Å². The summed E-state index contributed by atoms with van der Waals surface area (Å²) in [5.41, 5.74) is 16.7. The zero-order valence-electron chi connectivity index (χ0n) is 24.1. The predicted octanol–water partition coefficient (Wildman–Crippen LogP) is 4.42. The van der Waals surface area contributed by atoms with Crippen LogP contribution in [0.5, 0.6) is 0 Å². The fraction of sp³-hybridized carbons (Fsp3) is 0.344. The van der Waals surface area contributed by atoms with Crippen LogP contribution in [0.2, 0.25) is 0 Å². The number of nitrogens with two attached hydrogens (primary N) is 2. The SMILES string of the molecule is C=C(N/C(=C/C=C\C)NC)c1ccc(C(=N)c2c(N)ncc(C/C=C\COCC(=O)NC3CCCCC3)c2N)cc1. The highest BCUT2D eigenvalue weighted by molar-refractivity contribution is 6.16. The van der Waals surface area contributed by atoms with Gasteiger partial charge in [0.25, 0.3) is 0 Å². The number of allylic oxidation sites excluding steroid dienone is 4. The lowest BCUT2D eigenvalue weighted by Crippen LogP contribution is -2.38. The van der Waals surface area contributed by atoms with E-state index in [0.717, 1.165) is 35.5 Å². The number of hydrogen-bond acceptors (Lipinski definition) is 8. The van der Waals surface area contributed by atoms with Crippen molar-refractivity contribution in [1.82, 2.24) is 20.9 Å². The molecule has 2 aromatic rings. The maximum absolute atomic E-state index is 12.1. The summed E-state index contributed by atoms with van der Waals surface area (Å²) in [4.78, 5) is 16.4. The molecular formula is C32H43N7O2. The van der Waals surface area contributed by atoms with Gasteiger partial charge in [-0.1, -0.05) is 74.4 Å². The fourth-order valence-corrected chi connectivity index (χ4v) is 4.62. The van der Waals surface area contributed by atoms with Gasteiger partial charge in [0, 0.05) is 36.2 Å². The molecule has 1 aliphatic carbocycles. The van der Waals surface area contributed by atoms with Crippen LogP contribution in [0, 0.1) is 5.41 Å². The minimum Gasteiger partial charge on any atom is -0.398 e. The second kappa shape index (κ2) is 16.0. The summed E-state index contributed by atoms with van der Waals surface area (Å²) in [6, 6.07) is 7.74. The van der Waals surface area contributed by atoms with Crippen molar-refractivity contribution in [2.75, 3.05) is 31.7 Å². The summed E-state index contributed by atoms with van der Waals surface area (Å²) in [6.07, 6.45) is 17.4. The number of rotatable bonds is 14. The third-order valence-corrected chi connectivity index (χ3v) is 6.94. The van der Waals surface area contributed by atoms with Crippen molar-refractivity contribution < 1.29 is 9.53 Å². The number of nitrogens with one attached hydrogen (secondary N) is 4. The summed E-state index contributed by atoms with van der Waals surface area (Å²) in [6.45, 7) is 6.42. The van der Waals surface area contributed by atoms with E-state index in [9.17, 15) is 4.79 Å². The molecule has 1 amide bonds. The molecule has 0 radical (unpaired) electrons. The van der Waals surface area contributed by atoms with E-state index in [0.29, 0.717) is 29.8 Å². The molecule has 3 rings (SSSR count). The largest absolute Gasteiger partial charge is 0.398 e. The number of carbonyl (C=O) groups excluding carboxylic acids is 1. The number of aromatic nitrogens is 1. The average Bonchev–Trinajstić information content (AvgIpc) is 2.98. The molecule has 1 fully saturated rings. The number of pyridine rings is 1. The van der Waals surface area contributed by atoms with E-state index < -0.39 is 0 Å². The molecule has 218 valence electrons. The molecule has 0 saturated heterocycles. The minimum atomic E-state index is -0.0713. The molecule has 1 aromatic heterocycles. The number of ether oxygens (including phenoxy) is 1. The number of nitrogen functional groups attached to an aromatic ring is 2. The maximum atomic E-state index is 12.1. The highest BCUT2D eigenvalue weighted by Gasteiger charge is 2.17. The van der Waals surface area contributed by atoms with Crippen LogP contribution in [0.1, 0.15) is 61.3 Å². The Balaban J connectivity index is 1.56. The van der Waals surface area contributed by atoms with Gasteiger partial charge in [-0.3, -0.25) is 10.2 Å². The van der Waals surface area contributed by atoms with Gasteiger partial charge in [-0.15, -0.1) is 0 Å². The van der Waals surface area contributed by atoms with Crippen LogP contribution in [0.3, 0.4) is 0 Å². The number of hydrogen-bond donors (Lipinski definition) is 6. The molecule has 0 bridgehead atoms. The Bertz CT molecular complexity index is 1290. The van der Waals surface area contributed by atoms with Gasteiger partial charge in [0.1, 0.15) is 18.2 Å². The molecule has 1 aliphatic rings. The van der Waals surface area contributed by atoms with Crippen LogP contribution in [0.25, 0.3) is 5.70 Å². The van der Waals surface area contributed by atoms with Gasteiger partial charge in [0.05, 0.1) is 17.9 Å². The van der Waals surface area contributed by atoms with Crippen LogP contribution in [-0.4, -0.2) is 42.9 Å². The Labute approximate surface area is 243 Å². The topological polar surface area (TPSA) is 151 Å². The monoisotopic (exact) mass is 557 g/mol. The number of benzene rings is 1. The minimum absolute atomic E-state index is 0.0411. The normalized spacial score (nSPS) is 14.3. The van der Waals surface area contributed by atoms with Crippen molar-refractivity contribution in [1.29, 1.82) is 5.41 Å². The van der Waals surface area contributed by atoms with Crippen molar-refractivity contribution in [2.24, 2.45) is 0 Å². The van der Waals surface area contributed by atoms with Gasteiger partial charge in [0.15, 0.2) is 0 Å². The molecule has 0 spiro atoms. The van der Waals surface area contributed by atoms with Gasteiger partial charge >= 0.3 is 0 Å². The summed E-state index contributed by atoms with van der Waals surface area (Å²) in [5.74, 6) is 0.947. The molecule has 0 unspecified atom stereocenters. The van der Waals surface area contributed by atoms with Crippen LogP contribution >= 0.6 is 0 Å². The average molecular weight is 558 g/mol. The fourth-order valence-electron chi connectivity index (χ4n) is 4.62. The van der Waals surface area contributed by atoms with E-state index in [-0.39, 0.29) is 30.1 Å². The molecule has 0 aliphatic heterocycles. The number of carbonyl (C=O) groups is 1. The van der Waals surface area contributed by atoms with Crippen molar-refractivity contribution in [2.45, 2.75) is 51.5 Å². The molecule has 9 heteroatoms. The summed E-state index contributed by atoms with van der Waals surface area (Å²) in [5, 5.41) is 18.2. The predicted molar refractivity (Wildman–Crippen MR) is 168 cm³/mol. The highest BCUT2D eigenvalue weighted by Crippen LogP contribution is 2.26. The second-order valence-corrected chi connectivity index (χ2v) is 9.96. The highest BCUT2D eigenvalue weighted by atomic mass is 16.5. The molecule has 1 heterocycles.